The second-order valence-electron chi connectivity index (χ2n) is 10.5. The van der Waals surface area contributed by atoms with E-state index in [-0.39, 0.29) is 23.1 Å². The third-order valence-corrected chi connectivity index (χ3v) is 8.18. The lowest BCUT2D eigenvalue weighted by Gasteiger charge is -2.25. The highest BCUT2D eigenvalue weighted by Gasteiger charge is 2.53. The third kappa shape index (κ3) is 3.67. The highest BCUT2D eigenvalue weighted by molar-refractivity contribution is 6.02. The van der Waals surface area contributed by atoms with Gasteiger partial charge in [-0.25, -0.2) is 9.18 Å². The Kier molecular flexibility index (Phi) is 5.18. The number of halogens is 1. The summed E-state index contributed by atoms with van der Waals surface area (Å²) >= 11 is 0. The molecule has 1 aliphatic heterocycles. The van der Waals surface area contributed by atoms with E-state index in [1.54, 1.807) is 18.2 Å². The van der Waals surface area contributed by atoms with E-state index >= 15 is 0 Å². The summed E-state index contributed by atoms with van der Waals surface area (Å²) in [4.78, 5) is 27.7. The van der Waals surface area contributed by atoms with Crippen LogP contribution in [0.25, 0.3) is 0 Å². The molecule has 3 aliphatic rings. The summed E-state index contributed by atoms with van der Waals surface area (Å²) < 4.78 is 19.5. The minimum atomic E-state index is -0.433. The van der Waals surface area contributed by atoms with Gasteiger partial charge in [0.05, 0.1) is 29.5 Å². The molecule has 6 rings (SSSR count). The molecule has 3 aromatic carbocycles. The van der Waals surface area contributed by atoms with Crippen molar-refractivity contribution in [3.8, 4) is 0 Å². The van der Waals surface area contributed by atoms with Crippen LogP contribution in [0.4, 0.5) is 10.1 Å². The Morgan fingerprint density at radius 2 is 1.72 bits per heavy atom. The number of ether oxygens (including phenoxy) is 1. The molecule has 1 spiro atoms. The lowest BCUT2D eigenvalue weighted by atomic mass is 9.96. The number of amides is 1. The summed E-state index contributed by atoms with van der Waals surface area (Å²) in [6.07, 6.45) is 3.86. The van der Waals surface area contributed by atoms with Crippen LogP contribution in [0.3, 0.4) is 0 Å². The van der Waals surface area contributed by atoms with Crippen LogP contribution >= 0.6 is 0 Å². The van der Waals surface area contributed by atoms with Crippen LogP contribution in [0, 0.1) is 12.7 Å². The first-order valence-electron chi connectivity index (χ1n) is 12.5. The van der Waals surface area contributed by atoms with E-state index in [1.165, 1.54) is 18.7 Å². The summed E-state index contributed by atoms with van der Waals surface area (Å²) in [7, 11) is 1.36. The van der Waals surface area contributed by atoms with Crippen LogP contribution in [0.1, 0.15) is 68.7 Å². The zero-order valence-electron chi connectivity index (χ0n) is 20.6. The van der Waals surface area contributed by atoms with E-state index in [4.69, 9.17) is 4.74 Å². The topological polar surface area (TPSA) is 58.6 Å². The van der Waals surface area contributed by atoms with Gasteiger partial charge < -0.3 is 15.0 Å². The number of carbonyl (C=O) groups is 2. The number of anilines is 1. The van der Waals surface area contributed by atoms with Gasteiger partial charge in [-0.15, -0.1) is 0 Å². The molecule has 1 amide bonds. The number of carbonyl (C=O) groups excluding carboxylic acids is 2. The fraction of sp³-hybridized carbons (Fsp3) is 0.333. The summed E-state index contributed by atoms with van der Waals surface area (Å²) in [5, 5.41) is 3.29. The molecule has 1 heterocycles. The molecule has 36 heavy (non-hydrogen) atoms. The summed E-state index contributed by atoms with van der Waals surface area (Å²) in [5.74, 6) is -0.702. The van der Waals surface area contributed by atoms with Crippen molar-refractivity contribution in [3.05, 3.63) is 99.9 Å². The average molecular weight is 485 g/mol. The normalized spacial score (nSPS) is 18.0. The van der Waals surface area contributed by atoms with Crippen molar-refractivity contribution in [1.82, 2.24) is 5.32 Å². The van der Waals surface area contributed by atoms with Crippen LogP contribution < -0.4 is 10.2 Å². The maximum Gasteiger partial charge on any atom is 0.337 e. The first-order chi connectivity index (χ1) is 17.4. The zero-order valence-corrected chi connectivity index (χ0v) is 20.6. The number of nitrogens with one attached hydrogen (secondary N) is 1. The maximum atomic E-state index is 14.7. The van der Waals surface area contributed by atoms with E-state index in [1.807, 2.05) is 37.3 Å². The van der Waals surface area contributed by atoms with E-state index in [2.05, 4.69) is 16.3 Å². The van der Waals surface area contributed by atoms with Gasteiger partial charge in [-0.1, -0.05) is 36.4 Å². The number of rotatable bonds is 6. The molecule has 0 saturated heterocycles. The van der Waals surface area contributed by atoms with Crippen LogP contribution in [0.2, 0.25) is 0 Å². The Balaban J connectivity index is 1.31. The smallest absolute Gasteiger partial charge is 0.337 e. The average Bonchev–Trinajstić information content (AvgIpc) is 3.81. The van der Waals surface area contributed by atoms with Gasteiger partial charge in [0.2, 0.25) is 0 Å². The van der Waals surface area contributed by atoms with Crippen molar-refractivity contribution in [2.24, 2.45) is 0 Å². The Morgan fingerprint density at radius 3 is 2.36 bits per heavy atom. The highest BCUT2D eigenvalue weighted by atomic mass is 19.1. The Bertz CT molecular complexity index is 1350. The van der Waals surface area contributed by atoms with Crippen LogP contribution in [0.15, 0.2) is 60.7 Å². The van der Waals surface area contributed by atoms with Crippen LogP contribution in [-0.2, 0) is 22.2 Å². The molecule has 0 atom stereocenters. The molecule has 184 valence electrons. The number of hydrogen-bond donors (Lipinski definition) is 1. The Labute approximate surface area is 210 Å². The van der Waals surface area contributed by atoms with Gasteiger partial charge in [0.1, 0.15) is 5.82 Å². The van der Waals surface area contributed by atoms with E-state index < -0.39 is 5.54 Å². The number of benzene rings is 3. The number of nitrogens with zero attached hydrogens (tertiary/aromatic N) is 1. The SMILES string of the molecule is COC(=O)c1ccc(C2(NC(=O)c3cccc4c3N(Cc3c(C)cccc3F)CC43CC3)CC2)cc1. The molecule has 0 aromatic heterocycles. The molecule has 2 fully saturated rings. The van der Waals surface area contributed by atoms with Gasteiger partial charge in [-0.3, -0.25) is 4.79 Å². The van der Waals surface area contributed by atoms with Gasteiger partial charge in [-0.2, -0.15) is 0 Å². The second-order valence-corrected chi connectivity index (χ2v) is 10.5. The zero-order chi connectivity index (χ0) is 25.1. The van der Waals surface area contributed by atoms with Crippen molar-refractivity contribution in [2.45, 2.75) is 50.1 Å². The molecule has 6 heteroatoms. The maximum absolute atomic E-state index is 14.7. The molecule has 0 radical (unpaired) electrons. The van der Waals surface area contributed by atoms with E-state index in [0.29, 0.717) is 23.2 Å². The molecule has 5 nitrogen and oxygen atoms in total. The van der Waals surface area contributed by atoms with Crippen LogP contribution in [0.5, 0.6) is 0 Å². The molecular formula is C30H29FN2O3. The van der Waals surface area contributed by atoms with Crippen molar-refractivity contribution in [2.75, 3.05) is 18.6 Å². The van der Waals surface area contributed by atoms with E-state index in [0.717, 1.165) is 49.0 Å². The molecule has 0 bridgehead atoms. The van der Waals surface area contributed by atoms with Crippen molar-refractivity contribution < 1.29 is 18.7 Å². The van der Waals surface area contributed by atoms with Gasteiger partial charge in [-0.05, 0) is 73.6 Å². The van der Waals surface area contributed by atoms with Crippen molar-refractivity contribution in [1.29, 1.82) is 0 Å². The Morgan fingerprint density at radius 1 is 1.00 bits per heavy atom. The van der Waals surface area contributed by atoms with Gasteiger partial charge >= 0.3 is 5.97 Å². The first-order valence-corrected chi connectivity index (χ1v) is 12.5. The van der Waals surface area contributed by atoms with E-state index in [9.17, 15) is 14.0 Å². The lowest BCUT2D eigenvalue weighted by molar-refractivity contribution is 0.0600. The fourth-order valence-corrected chi connectivity index (χ4v) is 5.73. The quantitative estimate of drug-likeness (QED) is 0.477. The number of fused-ring (bicyclic) bond motifs is 2. The molecule has 0 unspecified atom stereocenters. The number of aryl methyl sites for hydroxylation is 1. The fourth-order valence-electron chi connectivity index (χ4n) is 5.73. The number of hydrogen-bond acceptors (Lipinski definition) is 4. The Hall–Kier alpha value is -3.67. The molecule has 2 saturated carbocycles. The predicted octanol–water partition coefficient (Wildman–Crippen LogP) is 5.39. The monoisotopic (exact) mass is 484 g/mol. The standard InChI is InChI=1S/C30H29FN2O3/c1-19-5-3-8-25(31)23(19)17-33-18-29(13-14-29)24-7-4-6-22(26(24)33)27(34)32-30(15-16-30)21-11-9-20(10-12-21)28(35)36-2/h3-12H,13-18H2,1-2H3,(H,32,34). The first kappa shape index (κ1) is 22.8. The molecule has 1 N–H and O–H groups in total. The van der Waals surface area contributed by atoms with Gasteiger partial charge in [0, 0.05) is 24.1 Å². The second kappa shape index (κ2) is 8.19. The molecular weight excluding hydrogens is 455 g/mol. The lowest BCUT2D eigenvalue weighted by Crippen LogP contribution is -2.36. The third-order valence-electron chi connectivity index (χ3n) is 8.18. The van der Waals surface area contributed by atoms with Gasteiger partial charge in [0.25, 0.3) is 5.91 Å². The minimum absolute atomic E-state index is 0.0752. The minimum Gasteiger partial charge on any atom is -0.465 e. The molecule has 2 aliphatic carbocycles. The summed E-state index contributed by atoms with van der Waals surface area (Å²) in [6, 6.07) is 18.4. The summed E-state index contributed by atoms with van der Waals surface area (Å²) in [5.41, 5.74) is 5.49. The van der Waals surface area contributed by atoms with Gasteiger partial charge in [0.15, 0.2) is 0 Å². The highest BCUT2D eigenvalue weighted by Crippen LogP contribution is 2.57. The number of methoxy groups -OCH3 is 1. The number of esters is 1. The van der Waals surface area contributed by atoms with Crippen molar-refractivity contribution in [3.63, 3.8) is 0 Å². The van der Waals surface area contributed by atoms with Crippen molar-refractivity contribution >= 4 is 17.6 Å². The largest absolute Gasteiger partial charge is 0.465 e. The number of para-hydroxylation sites is 1. The summed E-state index contributed by atoms with van der Waals surface area (Å²) in [6.45, 7) is 3.18. The predicted molar refractivity (Wildman–Crippen MR) is 136 cm³/mol. The molecule has 3 aromatic rings. The van der Waals surface area contributed by atoms with Crippen LogP contribution in [-0.4, -0.2) is 25.5 Å².